The fraction of sp³-hybridized carbons (Fsp3) is 1.00. The summed E-state index contributed by atoms with van der Waals surface area (Å²) in [7, 11) is 0. The molecule has 0 bridgehead atoms. The Bertz CT molecular complexity index is 155. The Morgan fingerprint density at radius 1 is 1.08 bits per heavy atom. The van der Waals surface area contributed by atoms with E-state index in [1.165, 1.54) is 44.9 Å². The van der Waals surface area contributed by atoms with Crippen LogP contribution in [-0.4, -0.2) is 10.5 Å². The second-order valence-corrected chi connectivity index (χ2v) is 6.25. The molecule has 76 valence electrons. The molecule has 0 N–H and O–H groups in total. The van der Waals surface area contributed by atoms with E-state index in [0.717, 1.165) is 16.4 Å². The minimum Gasteiger partial charge on any atom is -0.155 e. The first-order valence-corrected chi connectivity index (χ1v) is 7.00. The van der Waals surface area contributed by atoms with Crippen LogP contribution in [0.15, 0.2) is 0 Å². The minimum atomic E-state index is 1.02. The minimum absolute atomic E-state index is 1.02. The maximum absolute atomic E-state index is 2.34. The highest BCUT2D eigenvalue weighted by molar-refractivity contribution is 8.00. The van der Waals surface area contributed by atoms with Crippen molar-refractivity contribution in [2.75, 3.05) is 0 Å². The van der Waals surface area contributed by atoms with Crippen molar-refractivity contribution < 1.29 is 0 Å². The molecule has 0 aromatic carbocycles. The van der Waals surface area contributed by atoms with Crippen LogP contribution in [0, 0.1) is 5.92 Å². The highest BCUT2D eigenvalue weighted by Gasteiger charge is 2.31. The molecule has 0 radical (unpaired) electrons. The number of thioether (sulfide) groups is 1. The molecule has 2 rings (SSSR count). The van der Waals surface area contributed by atoms with Crippen molar-refractivity contribution in [2.24, 2.45) is 5.92 Å². The molecular formula is C12H22S. The summed E-state index contributed by atoms with van der Waals surface area (Å²) < 4.78 is 0. The van der Waals surface area contributed by atoms with Crippen LogP contribution in [0.1, 0.15) is 58.3 Å². The van der Waals surface area contributed by atoms with E-state index in [1.54, 1.807) is 6.42 Å². The van der Waals surface area contributed by atoms with Crippen LogP contribution in [0.2, 0.25) is 0 Å². The molecule has 1 saturated heterocycles. The van der Waals surface area contributed by atoms with Crippen LogP contribution >= 0.6 is 11.8 Å². The first kappa shape index (κ1) is 9.89. The van der Waals surface area contributed by atoms with Crippen molar-refractivity contribution in [1.29, 1.82) is 0 Å². The molecule has 0 spiro atoms. The number of hydrogen-bond acceptors (Lipinski definition) is 1. The summed E-state index contributed by atoms with van der Waals surface area (Å²) in [6.07, 6.45) is 12.0. The molecule has 1 heteroatoms. The lowest BCUT2D eigenvalue weighted by Gasteiger charge is -2.38. The molecule has 0 aromatic heterocycles. The highest BCUT2D eigenvalue weighted by atomic mass is 32.2. The van der Waals surface area contributed by atoms with Gasteiger partial charge in [-0.3, -0.25) is 0 Å². The summed E-state index contributed by atoms with van der Waals surface area (Å²) in [6, 6.07) is 0. The van der Waals surface area contributed by atoms with Gasteiger partial charge in [-0.2, -0.15) is 11.8 Å². The maximum Gasteiger partial charge on any atom is 0.00781 e. The maximum atomic E-state index is 2.34. The highest BCUT2D eigenvalue weighted by Crippen LogP contribution is 2.44. The molecule has 2 fully saturated rings. The Morgan fingerprint density at radius 2 is 1.92 bits per heavy atom. The number of rotatable bonds is 2. The third-order valence-corrected chi connectivity index (χ3v) is 5.50. The lowest BCUT2D eigenvalue weighted by atomic mass is 9.84. The van der Waals surface area contributed by atoms with Gasteiger partial charge in [0.05, 0.1) is 0 Å². The van der Waals surface area contributed by atoms with E-state index < -0.39 is 0 Å². The molecule has 0 amide bonds. The Labute approximate surface area is 86.9 Å². The van der Waals surface area contributed by atoms with Gasteiger partial charge in [0, 0.05) is 10.5 Å². The van der Waals surface area contributed by atoms with Crippen molar-refractivity contribution in [1.82, 2.24) is 0 Å². The van der Waals surface area contributed by atoms with Crippen molar-refractivity contribution in [2.45, 2.75) is 68.8 Å². The normalized spacial score (nSPS) is 39.9. The van der Waals surface area contributed by atoms with Crippen molar-refractivity contribution in [3.05, 3.63) is 0 Å². The molecule has 3 unspecified atom stereocenters. The Balaban J connectivity index is 1.84. The molecular weight excluding hydrogens is 176 g/mol. The first-order valence-electron chi connectivity index (χ1n) is 6.05. The van der Waals surface area contributed by atoms with E-state index in [2.05, 4.69) is 18.7 Å². The van der Waals surface area contributed by atoms with Crippen LogP contribution in [0.3, 0.4) is 0 Å². The average Bonchev–Trinajstić information content (AvgIpc) is 2.18. The van der Waals surface area contributed by atoms with Gasteiger partial charge in [-0.25, -0.2) is 0 Å². The van der Waals surface area contributed by atoms with Gasteiger partial charge >= 0.3 is 0 Å². The van der Waals surface area contributed by atoms with Gasteiger partial charge in [-0.15, -0.1) is 0 Å². The van der Waals surface area contributed by atoms with Crippen LogP contribution in [0.5, 0.6) is 0 Å². The van der Waals surface area contributed by atoms with Crippen LogP contribution < -0.4 is 0 Å². The van der Waals surface area contributed by atoms with Crippen LogP contribution in [-0.2, 0) is 0 Å². The molecule has 3 atom stereocenters. The predicted molar refractivity (Wildman–Crippen MR) is 61.3 cm³/mol. The van der Waals surface area contributed by atoms with Crippen LogP contribution in [0.25, 0.3) is 0 Å². The fourth-order valence-corrected chi connectivity index (χ4v) is 4.87. The second kappa shape index (κ2) is 4.72. The summed E-state index contributed by atoms with van der Waals surface area (Å²) in [5, 5.41) is 2.07. The van der Waals surface area contributed by atoms with E-state index in [0.29, 0.717) is 0 Å². The van der Waals surface area contributed by atoms with Crippen LogP contribution in [0.4, 0.5) is 0 Å². The van der Waals surface area contributed by atoms with Gasteiger partial charge in [-0.1, -0.05) is 26.2 Å². The van der Waals surface area contributed by atoms with Gasteiger partial charge in [0.2, 0.25) is 0 Å². The zero-order valence-electron chi connectivity index (χ0n) is 8.80. The van der Waals surface area contributed by atoms with E-state index >= 15 is 0 Å². The van der Waals surface area contributed by atoms with Gasteiger partial charge < -0.3 is 0 Å². The molecule has 0 nitrogen and oxygen atoms in total. The largest absolute Gasteiger partial charge is 0.155 e. The quantitative estimate of drug-likeness (QED) is 0.639. The van der Waals surface area contributed by atoms with E-state index in [1.807, 2.05) is 0 Å². The number of fused-ring (bicyclic) bond motifs is 1. The van der Waals surface area contributed by atoms with Gasteiger partial charge in [-0.05, 0) is 38.0 Å². The topological polar surface area (TPSA) is 0 Å². The van der Waals surface area contributed by atoms with E-state index in [4.69, 9.17) is 0 Å². The zero-order valence-corrected chi connectivity index (χ0v) is 9.61. The number of hydrogen-bond donors (Lipinski definition) is 0. The van der Waals surface area contributed by atoms with Gasteiger partial charge in [0.15, 0.2) is 0 Å². The Morgan fingerprint density at radius 3 is 2.77 bits per heavy atom. The fourth-order valence-electron chi connectivity index (χ4n) is 2.93. The third-order valence-electron chi connectivity index (χ3n) is 3.68. The second-order valence-electron chi connectivity index (χ2n) is 4.71. The molecule has 13 heavy (non-hydrogen) atoms. The first-order chi connectivity index (χ1) is 6.40. The summed E-state index contributed by atoms with van der Waals surface area (Å²) in [6.45, 7) is 2.33. The molecule has 1 aliphatic carbocycles. The molecule has 0 aromatic rings. The third kappa shape index (κ3) is 2.43. The summed E-state index contributed by atoms with van der Waals surface area (Å²) in [5.74, 6) is 1.10. The SMILES string of the molecule is CCCC1CCC2CCCCC2S1. The molecule has 1 heterocycles. The van der Waals surface area contributed by atoms with E-state index in [9.17, 15) is 0 Å². The Hall–Kier alpha value is 0.350. The van der Waals surface area contributed by atoms with Crippen molar-refractivity contribution >= 4 is 11.8 Å². The standard InChI is InChI=1S/C12H22S/c1-2-5-11-9-8-10-6-3-4-7-12(10)13-11/h10-12H,2-9H2,1H3. The van der Waals surface area contributed by atoms with Gasteiger partial charge in [0.1, 0.15) is 0 Å². The average molecular weight is 198 g/mol. The zero-order chi connectivity index (χ0) is 9.10. The van der Waals surface area contributed by atoms with Crippen molar-refractivity contribution in [3.63, 3.8) is 0 Å². The summed E-state index contributed by atoms with van der Waals surface area (Å²) in [5.41, 5.74) is 0. The summed E-state index contributed by atoms with van der Waals surface area (Å²) >= 11 is 2.34. The Kier molecular flexibility index (Phi) is 3.59. The monoisotopic (exact) mass is 198 g/mol. The lowest BCUT2D eigenvalue weighted by molar-refractivity contribution is 0.327. The smallest absolute Gasteiger partial charge is 0.00781 e. The predicted octanol–water partition coefficient (Wildman–Crippen LogP) is 4.24. The molecule has 1 saturated carbocycles. The van der Waals surface area contributed by atoms with E-state index in [-0.39, 0.29) is 0 Å². The molecule has 2 aliphatic rings. The summed E-state index contributed by atoms with van der Waals surface area (Å²) in [4.78, 5) is 0. The van der Waals surface area contributed by atoms with Crippen molar-refractivity contribution in [3.8, 4) is 0 Å². The van der Waals surface area contributed by atoms with Gasteiger partial charge in [0.25, 0.3) is 0 Å². The lowest BCUT2D eigenvalue weighted by Crippen LogP contribution is -2.29. The molecule has 1 aliphatic heterocycles.